The van der Waals surface area contributed by atoms with Crippen molar-refractivity contribution in [3.05, 3.63) is 65.2 Å². The highest BCUT2D eigenvalue weighted by Crippen LogP contribution is 2.22. The van der Waals surface area contributed by atoms with Crippen molar-refractivity contribution in [2.75, 3.05) is 32.7 Å². The molecule has 0 bridgehead atoms. The van der Waals surface area contributed by atoms with Crippen LogP contribution in [0.15, 0.2) is 47.4 Å². The summed E-state index contributed by atoms with van der Waals surface area (Å²) in [5, 5.41) is 0. The number of hydrogen-bond acceptors (Lipinski definition) is 3. The van der Waals surface area contributed by atoms with Crippen molar-refractivity contribution < 1.29 is 17.2 Å². The summed E-state index contributed by atoms with van der Waals surface area (Å²) in [5.41, 5.74) is 1.08. The molecule has 7 heteroatoms. The fourth-order valence-electron chi connectivity index (χ4n) is 3.21. The Labute approximate surface area is 153 Å². The highest BCUT2D eigenvalue weighted by atomic mass is 32.2. The molecule has 0 unspecified atom stereocenters. The topological polar surface area (TPSA) is 40.6 Å². The Morgan fingerprint density at radius 3 is 2.35 bits per heavy atom. The molecule has 0 spiro atoms. The zero-order chi connectivity index (χ0) is 18.7. The lowest BCUT2D eigenvalue weighted by atomic mass is 10.1. The highest BCUT2D eigenvalue weighted by molar-refractivity contribution is 7.89. The first-order chi connectivity index (χ1) is 12.4. The van der Waals surface area contributed by atoms with E-state index in [1.807, 2.05) is 6.07 Å². The summed E-state index contributed by atoms with van der Waals surface area (Å²) in [4.78, 5) is 2.29. The monoisotopic (exact) mass is 380 g/mol. The first kappa shape index (κ1) is 18.9. The number of rotatable bonds is 5. The molecule has 0 aromatic heterocycles. The van der Waals surface area contributed by atoms with Crippen molar-refractivity contribution in [2.45, 2.75) is 18.2 Å². The van der Waals surface area contributed by atoms with Crippen LogP contribution in [-0.4, -0.2) is 50.3 Å². The average molecular weight is 380 g/mol. The standard InChI is InChI=1S/C19H22F2N2O2S/c1-15-14-17(20)6-7-19(15)26(24,25)23-12-10-22(11-13-23)9-8-16-4-2-3-5-18(16)21/h2-7,14H,8-13H2,1H3. The van der Waals surface area contributed by atoms with E-state index in [0.717, 1.165) is 0 Å². The Hall–Kier alpha value is -1.83. The third kappa shape index (κ3) is 4.11. The SMILES string of the molecule is Cc1cc(F)ccc1S(=O)(=O)N1CCN(CCc2ccccc2F)CC1. The second-order valence-corrected chi connectivity index (χ2v) is 8.40. The molecule has 140 valence electrons. The van der Waals surface area contributed by atoms with Gasteiger partial charge in [-0.1, -0.05) is 18.2 Å². The lowest BCUT2D eigenvalue weighted by Gasteiger charge is -2.34. The molecule has 0 N–H and O–H groups in total. The van der Waals surface area contributed by atoms with Crippen LogP contribution >= 0.6 is 0 Å². The fraction of sp³-hybridized carbons (Fsp3) is 0.368. The second kappa shape index (κ2) is 7.82. The normalized spacial score (nSPS) is 16.7. The van der Waals surface area contributed by atoms with Gasteiger partial charge in [-0.25, -0.2) is 17.2 Å². The summed E-state index contributed by atoms with van der Waals surface area (Å²) < 4.78 is 53.9. The smallest absolute Gasteiger partial charge is 0.243 e. The molecule has 1 aliphatic rings. The van der Waals surface area contributed by atoms with Gasteiger partial charge in [-0.2, -0.15) is 4.31 Å². The first-order valence-electron chi connectivity index (χ1n) is 8.60. The lowest BCUT2D eigenvalue weighted by Crippen LogP contribution is -2.49. The van der Waals surface area contributed by atoms with Gasteiger partial charge < -0.3 is 4.90 Å². The molecule has 0 aliphatic carbocycles. The molecule has 1 saturated heterocycles. The van der Waals surface area contributed by atoms with E-state index in [1.165, 1.54) is 28.6 Å². The van der Waals surface area contributed by atoms with Gasteiger partial charge in [0.15, 0.2) is 0 Å². The van der Waals surface area contributed by atoms with Crippen LogP contribution in [0.3, 0.4) is 0 Å². The van der Waals surface area contributed by atoms with E-state index >= 15 is 0 Å². The number of sulfonamides is 1. The molecule has 0 amide bonds. The van der Waals surface area contributed by atoms with Crippen LogP contribution in [-0.2, 0) is 16.4 Å². The number of piperazine rings is 1. The van der Waals surface area contributed by atoms with E-state index in [1.54, 1.807) is 19.1 Å². The first-order valence-corrected chi connectivity index (χ1v) is 10.0. The van der Waals surface area contributed by atoms with E-state index in [-0.39, 0.29) is 10.7 Å². The van der Waals surface area contributed by atoms with Crippen LogP contribution in [0.2, 0.25) is 0 Å². The Balaban J connectivity index is 1.60. The maximum Gasteiger partial charge on any atom is 0.243 e. The molecular weight excluding hydrogens is 358 g/mol. The van der Waals surface area contributed by atoms with Gasteiger partial charge in [0.1, 0.15) is 11.6 Å². The highest BCUT2D eigenvalue weighted by Gasteiger charge is 2.29. The summed E-state index contributed by atoms with van der Waals surface area (Å²) in [7, 11) is -3.63. The Morgan fingerprint density at radius 2 is 1.69 bits per heavy atom. The van der Waals surface area contributed by atoms with E-state index in [2.05, 4.69) is 4.90 Å². The van der Waals surface area contributed by atoms with Crippen molar-refractivity contribution in [3.8, 4) is 0 Å². The van der Waals surface area contributed by atoms with Crippen LogP contribution in [0.25, 0.3) is 0 Å². The van der Waals surface area contributed by atoms with Crippen LogP contribution < -0.4 is 0 Å². The third-order valence-corrected chi connectivity index (χ3v) is 6.80. The molecule has 0 radical (unpaired) electrons. The van der Waals surface area contributed by atoms with Gasteiger partial charge in [0, 0.05) is 32.7 Å². The van der Waals surface area contributed by atoms with Crippen LogP contribution in [0.4, 0.5) is 8.78 Å². The number of nitrogens with zero attached hydrogens (tertiary/aromatic N) is 2. The maximum absolute atomic E-state index is 13.7. The third-order valence-electron chi connectivity index (χ3n) is 4.74. The zero-order valence-corrected chi connectivity index (χ0v) is 15.5. The Morgan fingerprint density at radius 1 is 1.00 bits per heavy atom. The molecule has 0 saturated carbocycles. The minimum Gasteiger partial charge on any atom is -0.300 e. The Bertz CT molecular complexity index is 879. The van der Waals surface area contributed by atoms with E-state index in [4.69, 9.17) is 0 Å². The van der Waals surface area contributed by atoms with Gasteiger partial charge in [0.2, 0.25) is 10.0 Å². The molecule has 3 rings (SSSR count). The molecule has 1 heterocycles. The molecule has 4 nitrogen and oxygen atoms in total. The lowest BCUT2D eigenvalue weighted by molar-refractivity contribution is 0.189. The van der Waals surface area contributed by atoms with Gasteiger partial charge in [-0.15, -0.1) is 0 Å². The number of halogens is 2. The molecular formula is C19H22F2N2O2S. The van der Waals surface area contributed by atoms with Crippen LogP contribution in [0, 0.1) is 18.6 Å². The average Bonchev–Trinajstić information content (AvgIpc) is 2.61. The molecule has 0 atom stereocenters. The summed E-state index contributed by atoms with van der Waals surface area (Å²) in [6.45, 7) is 4.21. The van der Waals surface area contributed by atoms with E-state index in [9.17, 15) is 17.2 Å². The summed E-state index contributed by atoms with van der Waals surface area (Å²) >= 11 is 0. The number of aryl methyl sites for hydroxylation is 1. The Kier molecular flexibility index (Phi) is 5.70. The number of hydrogen-bond donors (Lipinski definition) is 0. The van der Waals surface area contributed by atoms with Crippen molar-refractivity contribution in [2.24, 2.45) is 0 Å². The number of benzene rings is 2. The predicted molar refractivity (Wildman–Crippen MR) is 96.4 cm³/mol. The van der Waals surface area contributed by atoms with Gasteiger partial charge in [-0.3, -0.25) is 0 Å². The second-order valence-electron chi connectivity index (χ2n) is 6.50. The van der Waals surface area contributed by atoms with Gasteiger partial charge >= 0.3 is 0 Å². The fourth-order valence-corrected chi connectivity index (χ4v) is 4.84. The zero-order valence-electron chi connectivity index (χ0n) is 14.7. The molecule has 2 aromatic carbocycles. The minimum absolute atomic E-state index is 0.152. The van der Waals surface area contributed by atoms with Crippen molar-refractivity contribution in [1.29, 1.82) is 0 Å². The van der Waals surface area contributed by atoms with Crippen molar-refractivity contribution in [3.63, 3.8) is 0 Å². The van der Waals surface area contributed by atoms with E-state index in [0.29, 0.717) is 50.3 Å². The maximum atomic E-state index is 13.7. The predicted octanol–water partition coefficient (Wildman–Crippen LogP) is 2.82. The van der Waals surface area contributed by atoms with Gasteiger partial charge in [0.05, 0.1) is 4.90 Å². The summed E-state index contributed by atoms with van der Waals surface area (Å²) in [6, 6.07) is 10.4. The molecule has 26 heavy (non-hydrogen) atoms. The quantitative estimate of drug-likeness (QED) is 0.801. The largest absolute Gasteiger partial charge is 0.300 e. The van der Waals surface area contributed by atoms with Crippen LogP contribution in [0.5, 0.6) is 0 Å². The van der Waals surface area contributed by atoms with Gasteiger partial charge in [-0.05, 0) is 48.7 Å². The van der Waals surface area contributed by atoms with Crippen LogP contribution in [0.1, 0.15) is 11.1 Å². The molecule has 1 fully saturated rings. The molecule has 2 aromatic rings. The molecule has 1 aliphatic heterocycles. The summed E-state index contributed by atoms with van der Waals surface area (Å²) in [5.74, 6) is -0.653. The summed E-state index contributed by atoms with van der Waals surface area (Å²) in [6.07, 6.45) is 0.594. The van der Waals surface area contributed by atoms with Crippen molar-refractivity contribution >= 4 is 10.0 Å². The minimum atomic E-state index is -3.63. The van der Waals surface area contributed by atoms with Gasteiger partial charge in [0.25, 0.3) is 0 Å². The van der Waals surface area contributed by atoms with Crippen molar-refractivity contribution in [1.82, 2.24) is 9.21 Å². The van der Waals surface area contributed by atoms with E-state index < -0.39 is 15.8 Å².